The van der Waals surface area contributed by atoms with Crippen molar-refractivity contribution in [3.8, 4) is 0 Å². The highest BCUT2D eigenvalue weighted by molar-refractivity contribution is 7.12. The molecule has 116 valence electrons. The Morgan fingerprint density at radius 3 is 2.50 bits per heavy atom. The first kappa shape index (κ1) is 16.8. The first-order chi connectivity index (χ1) is 10.2. The molecule has 1 aliphatic rings. The standard InChI is InChI=1S/C18H20N2S.ClH/c1-4-16-17(14-8-6-5-7-9-14)18(20-11-19-16)15-10-12(2)21-13(15)3;/h5-11,18H,4H2,1-3H3,(H,19,20);1H. The van der Waals surface area contributed by atoms with Crippen molar-refractivity contribution in [1.29, 1.82) is 0 Å². The third-order valence-corrected chi connectivity index (χ3v) is 4.85. The molecule has 0 radical (unpaired) electrons. The lowest BCUT2D eigenvalue weighted by molar-refractivity contribution is 0.851. The molecule has 2 heterocycles. The Morgan fingerprint density at radius 1 is 1.18 bits per heavy atom. The molecule has 3 rings (SSSR count). The number of benzene rings is 1. The van der Waals surface area contributed by atoms with Gasteiger partial charge in [0.05, 0.1) is 6.34 Å². The van der Waals surface area contributed by atoms with Crippen LogP contribution in [-0.2, 0) is 0 Å². The fourth-order valence-corrected chi connectivity index (χ4v) is 3.86. The quantitative estimate of drug-likeness (QED) is 0.812. The third-order valence-electron chi connectivity index (χ3n) is 3.87. The highest BCUT2D eigenvalue weighted by Gasteiger charge is 2.25. The van der Waals surface area contributed by atoms with Crippen molar-refractivity contribution in [3.05, 3.63) is 63.0 Å². The molecule has 0 spiro atoms. The number of thiophene rings is 1. The SMILES string of the molecule is CCC1=C(c2ccccc2)C(c2cc(C)sc2C)N=CN1.Cl. The summed E-state index contributed by atoms with van der Waals surface area (Å²) >= 11 is 1.85. The van der Waals surface area contributed by atoms with Crippen molar-refractivity contribution in [2.24, 2.45) is 4.99 Å². The van der Waals surface area contributed by atoms with E-state index in [9.17, 15) is 0 Å². The molecule has 1 unspecified atom stereocenters. The molecule has 0 bridgehead atoms. The lowest BCUT2D eigenvalue weighted by atomic mass is 9.90. The highest BCUT2D eigenvalue weighted by atomic mass is 35.5. The van der Waals surface area contributed by atoms with Gasteiger partial charge >= 0.3 is 0 Å². The number of hydrogen-bond acceptors (Lipinski definition) is 3. The van der Waals surface area contributed by atoms with Crippen LogP contribution >= 0.6 is 23.7 Å². The van der Waals surface area contributed by atoms with E-state index in [1.807, 2.05) is 17.7 Å². The molecule has 1 aliphatic heterocycles. The molecule has 0 saturated carbocycles. The number of halogens is 1. The van der Waals surface area contributed by atoms with Crippen molar-refractivity contribution >= 4 is 35.7 Å². The average Bonchev–Trinajstić information content (AvgIpc) is 2.86. The molecule has 0 saturated heterocycles. The van der Waals surface area contributed by atoms with E-state index in [-0.39, 0.29) is 18.4 Å². The monoisotopic (exact) mass is 332 g/mol. The van der Waals surface area contributed by atoms with E-state index in [1.165, 1.54) is 32.2 Å². The first-order valence-corrected chi connectivity index (χ1v) is 8.16. The van der Waals surface area contributed by atoms with Gasteiger partial charge in [0.25, 0.3) is 0 Å². The second-order valence-corrected chi connectivity index (χ2v) is 6.77. The minimum absolute atomic E-state index is 0. The number of nitrogens with one attached hydrogen (secondary N) is 1. The topological polar surface area (TPSA) is 24.4 Å². The summed E-state index contributed by atoms with van der Waals surface area (Å²) in [5.74, 6) is 0. The summed E-state index contributed by atoms with van der Waals surface area (Å²) in [5, 5.41) is 3.33. The van der Waals surface area contributed by atoms with Gasteiger partial charge in [-0.3, -0.25) is 4.99 Å². The van der Waals surface area contributed by atoms with Crippen LogP contribution in [0.1, 0.15) is 40.3 Å². The number of hydrogen-bond donors (Lipinski definition) is 1. The smallest absolute Gasteiger partial charge is 0.105 e. The zero-order valence-electron chi connectivity index (χ0n) is 13.1. The lowest BCUT2D eigenvalue weighted by Gasteiger charge is -2.25. The molecule has 0 fully saturated rings. The average molecular weight is 333 g/mol. The van der Waals surface area contributed by atoms with E-state index >= 15 is 0 Å². The van der Waals surface area contributed by atoms with Crippen LogP contribution in [0.2, 0.25) is 0 Å². The largest absolute Gasteiger partial charge is 0.350 e. The van der Waals surface area contributed by atoms with E-state index in [4.69, 9.17) is 4.99 Å². The summed E-state index contributed by atoms with van der Waals surface area (Å²) in [7, 11) is 0. The Balaban J connectivity index is 0.00000176. The van der Waals surface area contributed by atoms with Gasteiger partial charge in [-0.05, 0) is 37.5 Å². The number of allylic oxidation sites excluding steroid dienone is 1. The van der Waals surface area contributed by atoms with Crippen LogP contribution in [-0.4, -0.2) is 6.34 Å². The van der Waals surface area contributed by atoms with Crippen molar-refractivity contribution < 1.29 is 0 Å². The van der Waals surface area contributed by atoms with E-state index in [2.05, 4.69) is 62.5 Å². The number of rotatable bonds is 3. The molecule has 1 atom stereocenters. The van der Waals surface area contributed by atoms with Crippen molar-refractivity contribution in [2.45, 2.75) is 33.2 Å². The Hall–Kier alpha value is -1.58. The second kappa shape index (κ2) is 7.12. The van der Waals surface area contributed by atoms with Gasteiger partial charge in [0.1, 0.15) is 6.04 Å². The normalized spacial score (nSPS) is 17.1. The van der Waals surface area contributed by atoms with Crippen LogP contribution in [0, 0.1) is 13.8 Å². The summed E-state index contributed by atoms with van der Waals surface area (Å²) in [6.07, 6.45) is 2.83. The molecule has 0 aliphatic carbocycles. The molecule has 1 aromatic carbocycles. The van der Waals surface area contributed by atoms with E-state index in [0.717, 1.165) is 6.42 Å². The number of aliphatic imine (C=N–C) groups is 1. The van der Waals surface area contributed by atoms with Crippen molar-refractivity contribution in [2.75, 3.05) is 0 Å². The molecular formula is C18H21ClN2S. The molecule has 22 heavy (non-hydrogen) atoms. The van der Waals surface area contributed by atoms with Crippen LogP contribution in [0.5, 0.6) is 0 Å². The van der Waals surface area contributed by atoms with Gasteiger partial charge in [-0.15, -0.1) is 23.7 Å². The Morgan fingerprint density at radius 2 is 1.91 bits per heavy atom. The van der Waals surface area contributed by atoms with Crippen LogP contribution in [0.15, 0.2) is 47.1 Å². The summed E-state index contributed by atoms with van der Waals surface area (Å²) < 4.78 is 0. The maximum Gasteiger partial charge on any atom is 0.105 e. The maximum absolute atomic E-state index is 4.74. The van der Waals surface area contributed by atoms with Crippen molar-refractivity contribution in [1.82, 2.24) is 5.32 Å². The van der Waals surface area contributed by atoms with Gasteiger partial charge in [0, 0.05) is 21.0 Å². The summed E-state index contributed by atoms with van der Waals surface area (Å²) in [4.78, 5) is 7.45. The van der Waals surface area contributed by atoms with Crippen LogP contribution < -0.4 is 5.32 Å². The summed E-state index contributed by atoms with van der Waals surface area (Å²) in [6.45, 7) is 6.55. The zero-order chi connectivity index (χ0) is 14.8. The van der Waals surface area contributed by atoms with E-state index < -0.39 is 0 Å². The summed E-state index contributed by atoms with van der Waals surface area (Å²) in [6, 6.07) is 13.0. The molecule has 2 nitrogen and oxygen atoms in total. The fraction of sp³-hybridized carbons (Fsp3) is 0.278. The molecule has 1 N–H and O–H groups in total. The second-order valence-electron chi connectivity index (χ2n) is 5.31. The first-order valence-electron chi connectivity index (χ1n) is 7.34. The van der Waals surface area contributed by atoms with Gasteiger partial charge < -0.3 is 5.32 Å². The Bertz CT molecular complexity index is 701. The van der Waals surface area contributed by atoms with Gasteiger partial charge in [-0.1, -0.05) is 37.3 Å². The minimum Gasteiger partial charge on any atom is -0.350 e. The Kier molecular flexibility index (Phi) is 5.43. The fourth-order valence-electron chi connectivity index (χ4n) is 2.91. The van der Waals surface area contributed by atoms with Gasteiger partial charge in [0.2, 0.25) is 0 Å². The van der Waals surface area contributed by atoms with Crippen LogP contribution in [0.25, 0.3) is 5.57 Å². The maximum atomic E-state index is 4.74. The number of aryl methyl sites for hydroxylation is 2. The van der Waals surface area contributed by atoms with Gasteiger partial charge in [-0.25, -0.2) is 0 Å². The predicted molar refractivity (Wildman–Crippen MR) is 99.1 cm³/mol. The predicted octanol–water partition coefficient (Wildman–Crippen LogP) is 5.28. The molecular weight excluding hydrogens is 312 g/mol. The van der Waals surface area contributed by atoms with Crippen LogP contribution in [0.4, 0.5) is 0 Å². The van der Waals surface area contributed by atoms with Gasteiger partial charge in [0.15, 0.2) is 0 Å². The lowest BCUT2D eigenvalue weighted by Crippen LogP contribution is -2.20. The minimum atomic E-state index is 0. The van der Waals surface area contributed by atoms with Crippen LogP contribution in [0.3, 0.4) is 0 Å². The summed E-state index contributed by atoms with van der Waals surface area (Å²) in [5.41, 5.74) is 5.16. The zero-order valence-corrected chi connectivity index (χ0v) is 14.7. The molecule has 2 aromatic rings. The van der Waals surface area contributed by atoms with Gasteiger partial charge in [-0.2, -0.15) is 0 Å². The van der Waals surface area contributed by atoms with E-state index in [0.29, 0.717) is 0 Å². The third kappa shape index (κ3) is 3.11. The highest BCUT2D eigenvalue weighted by Crippen LogP contribution is 2.40. The van der Waals surface area contributed by atoms with E-state index in [1.54, 1.807) is 0 Å². The number of nitrogens with zero attached hydrogens (tertiary/aromatic N) is 1. The molecule has 0 amide bonds. The molecule has 4 heteroatoms. The van der Waals surface area contributed by atoms with Crippen molar-refractivity contribution in [3.63, 3.8) is 0 Å². The Labute approximate surface area is 142 Å². The molecule has 1 aromatic heterocycles.